The van der Waals surface area contributed by atoms with Gasteiger partial charge in [-0.15, -0.1) is 0 Å². The lowest BCUT2D eigenvalue weighted by molar-refractivity contribution is 0.291. The van der Waals surface area contributed by atoms with E-state index in [0.29, 0.717) is 11.6 Å². The van der Waals surface area contributed by atoms with Crippen molar-refractivity contribution in [3.63, 3.8) is 0 Å². The number of nitrogens with zero attached hydrogens (tertiary/aromatic N) is 2. The van der Waals surface area contributed by atoms with Gasteiger partial charge in [0.05, 0.1) is 11.0 Å². The molecule has 3 nitrogen and oxygen atoms in total. The van der Waals surface area contributed by atoms with E-state index in [1.807, 2.05) is 49.4 Å². The Hall–Kier alpha value is -2.26. The summed E-state index contributed by atoms with van der Waals surface area (Å²) in [5.41, 5.74) is 3.15. The fourth-order valence-electron chi connectivity index (χ4n) is 2.36. The van der Waals surface area contributed by atoms with Gasteiger partial charge in [0.15, 0.2) is 0 Å². The molecule has 0 aliphatic carbocycles. The molecule has 0 fully saturated rings. The van der Waals surface area contributed by atoms with Gasteiger partial charge >= 0.3 is 0 Å². The highest BCUT2D eigenvalue weighted by atomic mass is 35.5. The quantitative estimate of drug-likeness (QED) is 0.630. The van der Waals surface area contributed by atoms with E-state index in [2.05, 4.69) is 22.2 Å². The molecule has 0 aliphatic heterocycles. The first-order chi connectivity index (χ1) is 10.6. The van der Waals surface area contributed by atoms with Gasteiger partial charge in [-0.1, -0.05) is 35.9 Å². The molecule has 0 N–H and O–H groups in total. The fraction of sp³-hybridized carbons (Fsp3) is 0.167. The van der Waals surface area contributed by atoms with Crippen molar-refractivity contribution < 1.29 is 4.74 Å². The summed E-state index contributed by atoms with van der Waals surface area (Å²) in [5, 5.41) is 0.696. The van der Waals surface area contributed by atoms with Crippen molar-refractivity contribution in [3.8, 4) is 5.75 Å². The second-order valence-electron chi connectivity index (χ2n) is 5.30. The van der Waals surface area contributed by atoms with E-state index in [1.54, 1.807) is 0 Å². The monoisotopic (exact) mass is 312 g/mol. The molecule has 0 spiro atoms. The lowest BCUT2D eigenvalue weighted by atomic mass is 10.3. The number of para-hydroxylation sites is 2. The summed E-state index contributed by atoms with van der Waals surface area (Å²) < 4.78 is 7.97. The van der Waals surface area contributed by atoms with Crippen LogP contribution in [0.25, 0.3) is 11.0 Å². The maximum Gasteiger partial charge on any atom is 0.148 e. The summed E-state index contributed by atoms with van der Waals surface area (Å²) in [6.45, 7) is 7.16. The Kier molecular flexibility index (Phi) is 4.16. The first-order valence-corrected chi connectivity index (χ1v) is 7.48. The Labute approximate surface area is 134 Å². The summed E-state index contributed by atoms with van der Waals surface area (Å²) in [7, 11) is 0. The molecule has 0 radical (unpaired) electrons. The summed E-state index contributed by atoms with van der Waals surface area (Å²) in [4.78, 5) is 4.67. The van der Waals surface area contributed by atoms with Crippen LogP contribution in [0.4, 0.5) is 0 Å². The summed E-state index contributed by atoms with van der Waals surface area (Å²) >= 11 is 5.88. The van der Waals surface area contributed by atoms with Crippen LogP contribution in [0, 0.1) is 0 Å². The van der Waals surface area contributed by atoms with Crippen LogP contribution < -0.4 is 4.74 Å². The second-order valence-corrected chi connectivity index (χ2v) is 5.74. The summed E-state index contributed by atoms with van der Waals surface area (Å²) in [6.07, 6.45) is 0. The molecule has 0 atom stereocenters. The molecule has 3 rings (SSSR count). The number of aromatic nitrogens is 2. The van der Waals surface area contributed by atoms with Gasteiger partial charge in [-0.25, -0.2) is 4.98 Å². The highest BCUT2D eigenvalue weighted by molar-refractivity contribution is 6.30. The Morgan fingerprint density at radius 3 is 2.64 bits per heavy atom. The number of imidazole rings is 1. The zero-order chi connectivity index (χ0) is 15.5. The number of hydrogen-bond acceptors (Lipinski definition) is 2. The second kappa shape index (κ2) is 6.24. The van der Waals surface area contributed by atoms with Crippen molar-refractivity contribution in [3.05, 3.63) is 71.5 Å². The highest BCUT2D eigenvalue weighted by Crippen LogP contribution is 2.20. The molecule has 0 saturated heterocycles. The molecule has 0 amide bonds. The smallest absolute Gasteiger partial charge is 0.148 e. The van der Waals surface area contributed by atoms with Crippen molar-refractivity contribution in [2.24, 2.45) is 0 Å². The summed E-state index contributed by atoms with van der Waals surface area (Å²) in [6, 6.07) is 15.4. The SMILES string of the molecule is C=C(C)Cn1c(COc2ccc(Cl)cc2)nc2ccccc21. The molecular weight excluding hydrogens is 296 g/mol. The normalized spacial score (nSPS) is 10.8. The van der Waals surface area contributed by atoms with Gasteiger partial charge in [-0.2, -0.15) is 0 Å². The predicted octanol–water partition coefficient (Wildman–Crippen LogP) is 4.84. The van der Waals surface area contributed by atoms with Gasteiger partial charge in [0.2, 0.25) is 0 Å². The van der Waals surface area contributed by atoms with Crippen LogP contribution in [0.1, 0.15) is 12.7 Å². The molecule has 1 aromatic heterocycles. The highest BCUT2D eigenvalue weighted by Gasteiger charge is 2.11. The number of fused-ring (bicyclic) bond motifs is 1. The largest absolute Gasteiger partial charge is 0.486 e. The van der Waals surface area contributed by atoms with Crippen LogP contribution in [0.2, 0.25) is 5.02 Å². The van der Waals surface area contributed by atoms with E-state index in [1.165, 1.54) is 0 Å². The Bertz CT molecular complexity index is 806. The summed E-state index contributed by atoms with van der Waals surface area (Å²) in [5.74, 6) is 1.66. The van der Waals surface area contributed by atoms with Crippen LogP contribution in [0.3, 0.4) is 0 Å². The fourth-order valence-corrected chi connectivity index (χ4v) is 2.49. The molecular formula is C18H17ClN2O. The molecule has 22 heavy (non-hydrogen) atoms. The van der Waals surface area contributed by atoms with E-state index in [-0.39, 0.29) is 0 Å². The standard InChI is InChI=1S/C18H17ClN2O/c1-13(2)11-21-17-6-4-3-5-16(17)20-18(21)12-22-15-9-7-14(19)8-10-15/h3-10H,1,11-12H2,2H3. The minimum Gasteiger partial charge on any atom is -0.486 e. The zero-order valence-corrected chi connectivity index (χ0v) is 13.2. The van der Waals surface area contributed by atoms with Crippen LogP contribution in [-0.4, -0.2) is 9.55 Å². The Morgan fingerprint density at radius 2 is 1.91 bits per heavy atom. The molecule has 3 aromatic rings. The first-order valence-electron chi connectivity index (χ1n) is 7.10. The van der Waals surface area contributed by atoms with Gasteiger partial charge in [0.1, 0.15) is 18.2 Å². The van der Waals surface area contributed by atoms with Crippen molar-refractivity contribution >= 4 is 22.6 Å². The lowest BCUT2D eigenvalue weighted by Crippen LogP contribution is -2.08. The van der Waals surface area contributed by atoms with E-state index in [0.717, 1.165) is 34.7 Å². The zero-order valence-electron chi connectivity index (χ0n) is 12.4. The molecule has 4 heteroatoms. The van der Waals surface area contributed by atoms with E-state index >= 15 is 0 Å². The number of ether oxygens (including phenoxy) is 1. The van der Waals surface area contributed by atoms with Crippen LogP contribution in [-0.2, 0) is 13.2 Å². The van der Waals surface area contributed by atoms with Crippen LogP contribution in [0.15, 0.2) is 60.7 Å². The van der Waals surface area contributed by atoms with Gasteiger partial charge in [0, 0.05) is 11.6 Å². The average molecular weight is 313 g/mol. The van der Waals surface area contributed by atoms with Crippen LogP contribution >= 0.6 is 11.6 Å². The predicted molar refractivity (Wildman–Crippen MR) is 90.3 cm³/mol. The Morgan fingerprint density at radius 1 is 1.18 bits per heavy atom. The topological polar surface area (TPSA) is 27.1 Å². The minimum absolute atomic E-state index is 0.406. The molecule has 0 saturated carbocycles. The number of benzene rings is 2. The first kappa shape index (κ1) is 14.7. The molecule has 0 bridgehead atoms. The van der Waals surface area contributed by atoms with E-state index in [4.69, 9.17) is 16.3 Å². The molecule has 2 aromatic carbocycles. The lowest BCUT2D eigenvalue weighted by Gasteiger charge is -2.10. The van der Waals surface area contributed by atoms with Gasteiger partial charge < -0.3 is 9.30 Å². The van der Waals surface area contributed by atoms with Gasteiger partial charge in [-0.05, 0) is 43.3 Å². The van der Waals surface area contributed by atoms with Gasteiger partial charge in [0.25, 0.3) is 0 Å². The van der Waals surface area contributed by atoms with E-state index < -0.39 is 0 Å². The number of halogens is 1. The maximum absolute atomic E-state index is 5.88. The molecule has 112 valence electrons. The Balaban J connectivity index is 1.88. The van der Waals surface area contributed by atoms with Crippen LogP contribution in [0.5, 0.6) is 5.75 Å². The number of allylic oxidation sites excluding steroid dienone is 1. The third-order valence-electron chi connectivity index (χ3n) is 3.34. The maximum atomic E-state index is 5.88. The van der Waals surface area contributed by atoms with Gasteiger partial charge in [-0.3, -0.25) is 0 Å². The van der Waals surface area contributed by atoms with Crippen molar-refractivity contribution in [1.29, 1.82) is 0 Å². The van der Waals surface area contributed by atoms with Crippen molar-refractivity contribution in [2.45, 2.75) is 20.1 Å². The third-order valence-corrected chi connectivity index (χ3v) is 3.60. The third kappa shape index (κ3) is 3.15. The number of hydrogen-bond donors (Lipinski definition) is 0. The molecule has 0 aliphatic rings. The van der Waals surface area contributed by atoms with E-state index in [9.17, 15) is 0 Å². The molecule has 1 heterocycles. The average Bonchev–Trinajstić information content (AvgIpc) is 2.84. The molecule has 0 unspecified atom stereocenters. The van der Waals surface area contributed by atoms with Crippen molar-refractivity contribution in [2.75, 3.05) is 0 Å². The van der Waals surface area contributed by atoms with Crippen molar-refractivity contribution in [1.82, 2.24) is 9.55 Å². The number of rotatable bonds is 5. The minimum atomic E-state index is 0.406.